The molecule has 2 N–H and O–H groups in total. The van der Waals surface area contributed by atoms with Gasteiger partial charge in [-0.1, -0.05) is 0 Å². The second-order valence-corrected chi connectivity index (χ2v) is 9.73. The highest BCUT2D eigenvalue weighted by atomic mass is 19.1. The van der Waals surface area contributed by atoms with Gasteiger partial charge in [0.15, 0.2) is 5.82 Å². The van der Waals surface area contributed by atoms with Gasteiger partial charge in [0.25, 0.3) is 5.91 Å². The maximum Gasteiger partial charge on any atom is 0.251 e. The second kappa shape index (κ2) is 8.54. The lowest BCUT2D eigenvalue weighted by Gasteiger charge is -2.36. The Labute approximate surface area is 198 Å². The number of nitrogens with zero attached hydrogens (tertiary/aromatic N) is 4. The summed E-state index contributed by atoms with van der Waals surface area (Å²) in [6.45, 7) is 4.60. The fourth-order valence-corrected chi connectivity index (χ4v) is 5.22. The van der Waals surface area contributed by atoms with Crippen molar-refractivity contribution in [3.8, 4) is 0 Å². The van der Waals surface area contributed by atoms with Gasteiger partial charge in [0, 0.05) is 57.1 Å². The number of nitrogens with one attached hydrogen (secondary N) is 2. The monoisotopic (exact) mass is 464 g/mol. The number of rotatable bonds is 5. The van der Waals surface area contributed by atoms with Gasteiger partial charge in [-0.15, -0.1) is 0 Å². The van der Waals surface area contributed by atoms with Crippen molar-refractivity contribution in [2.45, 2.75) is 44.3 Å². The van der Waals surface area contributed by atoms with Gasteiger partial charge in [0.1, 0.15) is 11.9 Å². The van der Waals surface area contributed by atoms with Crippen molar-refractivity contribution < 1.29 is 14.0 Å². The van der Waals surface area contributed by atoms with Crippen molar-refractivity contribution in [3.63, 3.8) is 0 Å². The summed E-state index contributed by atoms with van der Waals surface area (Å²) < 4.78 is 14.8. The number of anilines is 3. The molecule has 3 aliphatic heterocycles. The molecule has 178 valence electrons. The predicted molar refractivity (Wildman–Crippen MR) is 128 cm³/mol. The van der Waals surface area contributed by atoms with Gasteiger partial charge in [-0.2, -0.15) is 0 Å². The molecule has 1 aliphatic carbocycles. The van der Waals surface area contributed by atoms with Crippen LogP contribution < -0.4 is 20.4 Å². The minimum atomic E-state index is -0.355. The molecule has 8 nitrogen and oxygen atoms in total. The minimum Gasteiger partial charge on any atom is -0.367 e. The highest BCUT2D eigenvalue weighted by Gasteiger charge is 2.37. The van der Waals surface area contributed by atoms with E-state index >= 15 is 0 Å². The number of hydrogen-bond donors (Lipinski definition) is 2. The number of amides is 2. The molecule has 2 saturated heterocycles. The lowest BCUT2D eigenvalue weighted by atomic mass is 10.1. The SMILES string of the molecule is O=C(NC1CC1)c1ccc(N2CCN(Cc3cnc4c(c3)NC(=O)[C@@H]3CCCN43)CC2)c(F)c1. The molecule has 2 amide bonds. The molecule has 0 radical (unpaired) electrons. The summed E-state index contributed by atoms with van der Waals surface area (Å²) in [5, 5.41) is 5.93. The van der Waals surface area contributed by atoms with Crippen molar-refractivity contribution >= 4 is 29.0 Å². The van der Waals surface area contributed by atoms with Crippen molar-refractivity contribution in [3.05, 3.63) is 47.4 Å². The average molecular weight is 465 g/mol. The van der Waals surface area contributed by atoms with Crippen LogP contribution in [0.15, 0.2) is 30.5 Å². The van der Waals surface area contributed by atoms with Gasteiger partial charge in [-0.25, -0.2) is 9.37 Å². The largest absolute Gasteiger partial charge is 0.367 e. The third-order valence-electron chi connectivity index (χ3n) is 7.25. The van der Waals surface area contributed by atoms with Gasteiger partial charge in [-0.3, -0.25) is 14.5 Å². The molecule has 0 spiro atoms. The number of fused-ring (bicyclic) bond motifs is 3. The maximum absolute atomic E-state index is 14.8. The first-order valence-corrected chi connectivity index (χ1v) is 12.2. The molecular weight excluding hydrogens is 435 g/mol. The zero-order valence-electron chi connectivity index (χ0n) is 19.1. The van der Waals surface area contributed by atoms with Crippen LogP contribution in [0, 0.1) is 5.82 Å². The highest BCUT2D eigenvalue weighted by molar-refractivity contribution is 6.03. The molecule has 3 fully saturated rings. The summed E-state index contributed by atoms with van der Waals surface area (Å²) >= 11 is 0. The number of carbonyl (C=O) groups excluding carboxylic acids is 2. The quantitative estimate of drug-likeness (QED) is 0.707. The maximum atomic E-state index is 14.8. The smallest absolute Gasteiger partial charge is 0.251 e. The molecule has 0 bridgehead atoms. The van der Waals surface area contributed by atoms with Crippen LogP contribution in [0.1, 0.15) is 41.6 Å². The Morgan fingerprint density at radius 3 is 2.71 bits per heavy atom. The zero-order chi connectivity index (χ0) is 23.2. The molecule has 9 heteroatoms. The second-order valence-electron chi connectivity index (χ2n) is 9.73. The number of aromatic nitrogens is 1. The van der Waals surface area contributed by atoms with Crippen LogP contribution in [0.4, 0.5) is 21.6 Å². The van der Waals surface area contributed by atoms with E-state index in [0.29, 0.717) is 24.3 Å². The molecular formula is C25H29FN6O2. The van der Waals surface area contributed by atoms with E-state index in [2.05, 4.69) is 25.4 Å². The molecule has 34 heavy (non-hydrogen) atoms. The molecule has 4 aliphatic rings. The van der Waals surface area contributed by atoms with Gasteiger partial charge in [-0.05, 0) is 55.5 Å². The standard InChI is InChI=1S/C25H29FN6O2/c26-19-13-17(24(33)28-18-4-5-18)3-6-21(19)31-10-8-30(9-11-31)15-16-12-20-23(27-14-16)32-7-1-2-22(32)25(34)29-20/h3,6,12-14,18,22H,1-2,4-5,7-11,15H2,(H,28,33)(H,29,34)/t22-/m0/s1. The molecule has 1 aromatic carbocycles. The zero-order valence-corrected chi connectivity index (χ0v) is 19.1. The third kappa shape index (κ3) is 4.09. The lowest BCUT2D eigenvalue weighted by molar-refractivity contribution is -0.117. The minimum absolute atomic E-state index is 0.0654. The fraction of sp³-hybridized carbons (Fsp3) is 0.480. The number of pyridine rings is 1. The van der Waals surface area contributed by atoms with E-state index in [1.807, 2.05) is 17.2 Å². The van der Waals surface area contributed by atoms with Crippen molar-refractivity contribution in [2.24, 2.45) is 0 Å². The number of piperazine rings is 1. The Kier molecular flexibility index (Phi) is 5.36. The molecule has 1 aromatic heterocycles. The first kappa shape index (κ1) is 21.3. The van der Waals surface area contributed by atoms with Gasteiger partial charge < -0.3 is 20.4 Å². The van der Waals surface area contributed by atoms with Crippen LogP contribution in [0.5, 0.6) is 0 Å². The molecule has 1 saturated carbocycles. The first-order valence-electron chi connectivity index (χ1n) is 12.2. The average Bonchev–Trinajstić information content (AvgIpc) is 3.50. The number of carbonyl (C=O) groups is 2. The lowest BCUT2D eigenvalue weighted by Crippen LogP contribution is -2.46. The Bertz CT molecular complexity index is 1130. The summed E-state index contributed by atoms with van der Waals surface area (Å²) in [6, 6.07) is 6.97. The van der Waals surface area contributed by atoms with E-state index in [0.717, 1.165) is 68.9 Å². The summed E-state index contributed by atoms with van der Waals surface area (Å²) in [7, 11) is 0. The Morgan fingerprint density at radius 2 is 1.94 bits per heavy atom. The fourth-order valence-electron chi connectivity index (χ4n) is 5.22. The van der Waals surface area contributed by atoms with Crippen molar-refractivity contribution in [2.75, 3.05) is 47.8 Å². The van der Waals surface area contributed by atoms with Gasteiger partial charge in [0.05, 0.1) is 11.4 Å². The Hall–Kier alpha value is -3.20. The van der Waals surface area contributed by atoms with E-state index in [9.17, 15) is 14.0 Å². The van der Waals surface area contributed by atoms with E-state index < -0.39 is 0 Å². The molecule has 1 atom stereocenters. The Balaban J connectivity index is 1.07. The van der Waals surface area contributed by atoms with Gasteiger partial charge >= 0.3 is 0 Å². The summed E-state index contributed by atoms with van der Waals surface area (Å²) in [4.78, 5) is 35.7. The summed E-state index contributed by atoms with van der Waals surface area (Å²) in [5.74, 6) is 0.385. The van der Waals surface area contributed by atoms with Crippen LogP contribution >= 0.6 is 0 Å². The highest BCUT2D eigenvalue weighted by Crippen LogP contribution is 2.35. The van der Waals surface area contributed by atoms with E-state index in [1.165, 1.54) is 6.07 Å². The van der Waals surface area contributed by atoms with E-state index in [-0.39, 0.29) is 29.7 Å². The van der Waals surface area contributed by atoms with E-state index in [4.69, 9.17) is 0 Å². The third-order valence-corrected chi connectivity index (χ3v) is 7.25. The normalized spacial score (nSPS) is 22.3. The van der Waals surface area contributed by atoms with Crippen LogP contribution in [0.2, 0.25) is 0 Å². The van der Waals surface area contributed by atoms with Crippen molar-refractivity contribution in [1.29, 1.82) is 0 Å². The predicted octanol–water partition coefficient (Wildman–Crippen LogP) is 2.36. The summed E-state index contributed by atoms with van der Waals surface area (Å²) in [6.07, 6.45) is 5.82. The van der Waals surface area contributed by atoms with Crippen LogP contribution in [-0.2, 0) is 11.3 Å². The number of hydrogen-bond acceptors (Lipinski definition) is 6. The molecule has 6 rings (SSSR count). The molecule has 0 unspecified atom stereocenters. The Morgan fingerprint density at radius 1 is 1.12 bits per heavy atom. The first-order chi connectivity index (χ1) is 16.5. The van der Waals surface area contributed by atoms with Crippen molar-refractivity contribution in [1.82, 2.24) is 15.2 Å². The van der Waals surface area contributed by atoms with Crippen LogP contribution in [0.3, 0.4) is 0 Å². The summed E-state index contributed by atoms with van der Waals surface area (Å²) in [5.41, 5.74) is 2.77. The van der Waals surface area contributed by atoms with E-state index in [1.54, 1.807) is 12.1 Å². The van der Waals surface area contributed by atoms with Gasteiger partial charge in [0.2, 0.25) is 5.91 Å². The van der Waals surface area contributed by atoms with Crippen LogP contribution in [-0.4, -0.2) is 66.5 Å². The molecule has 2 aromatic rings. The van der Waals surface area contributed by atoms with Crippen LogP contribution in [0.25, 0.3) is 0 Å². The number of halogens is 1. The topological polar surface area (TPSA) is 80.8 Å². The number of benzene rings is 1. The molecule has 4 heterocycles.